The highest BCUT2D eigenvalue weighted by atomic mass is 16.6. The van der Waals surface area contributed by atoms with Gasteiger partial charge in [0.1, 0.15) is 45.3 Å². The van der Waals surface area contributed by atoms with Gasteiger partial charge in [-0.3, -0.25) is 14.4 Å². The van der Waals surface area contributed by atoms with Crippen molar-refractivity contribution in [2.75, 3.05) is 65.4 Å². The molecule has 6 aliphatic rings. The fraction of sp³-hybridized carbons (Fsp3) is 0.635. The summed E-state index contributed by atoms with van der Waals surface area (Å²) in [6.45, 7) is 26.7. The SMILES string of the molecule is CC(C)(C)OC(=O)N1CCC2(CC1)CC(CC(=O)O)c1ccccc1O2.CCN(CC)C(=O)CC1CC2(CCN(C(=O)OC(C)(C)C)CC2)Oc2ccccc21.CCN(CC)C(=O)CC1CC2(CCNCC2)Oc2ccccc21. The van der Waals surface area contributed by atoms with Crippen LogP contribution in [0.25, 0.3) is 0 Å². The van der Waals surface area contributed by atoms with Gasteiger partial charge < -0.3 is 53.7 Å². The van der Waals surface area contributed by atoms with Gasteiger partial charge in [-0.2, -0.15) is 0 Å². The standard InChI is InChI=1S/C24H36N2O4.C20H27NO5.C19H28N2O2/c1-6-25(7-2)21(27)16-18-17-24(29-20-11-9-8-10-19(18)20)12-14-26(15-13-24)22(28)30-23(3,4)5;1-19(2,3)26-18(24)21-10-8-20(9-11-21)13-14(12-17(22)23)15-6-4-5-7-16(15)25-20;1-3-21(4-2)18(22)13-15-14-19(9-11-20-12-10-19)23-17-8-6-5-7-16(15)17/h8-11,18H,6-7,12-17H2,1-5H3;4-7,14H,8-13H2,1-3H3,(H,22,23);5-8,15,20H,3-4,9-14H2,1-2H3. The summed E-state index contributed by atoms with van der Waals surface area (Å²) in [4.78, 5) is 68.8. The molecule has 3 saturated heterocycles. The van der Waals surface area contributed by atoms with Gasteiger partial charge in [-0.15, -0.1) is 0 Å². The number of ether oxygens (including phenoxy) is 5. The maximum absolute atomic E-state index is 12.8. The van der Waals surface area contributed by atoms with Crippen molar-refractivity contribution in [2.45, 2.75) is 192 Å². The topological polar surface area (TPSA) is 177 Å². The Morgan fingerprint density at radius 3 is 1.13 bits per heavy atom. The zero-order valence-corrected chi connectivity index (χ0v) is 49.0. The predicted molar refractivity (Wildman–Crippen MR) is 305 cm³/mol. The molecule has 4 amide bonds. The van der Waals surface area contributed by atoms with E-state index in [2.05, 4.69) is 29.6 Å². The average Bonchev–Trinajstić information content (AvgIpc) is 3.59. The van der Waals surface area contributed by atoms with E-state index in [9.17, 15) is 29.1 Å². The number of carboxylic acid groups (broad SMARTS) is 1. The molecule has 3 spiro atoms. The Kier molecular flexibility index (Phi) is 20.0. The molecule has 6 aliphatic heterocycles. The molecule has 3 atom stereocenters. The lowest BCUT2D eigenvalue weighted by atomic mass is 9.76. The summed E-state index contributed by atoms with van der Waals surface area (Å²) in [7, 11) is 0. The molecule has 434 valence electrons. The van der Waals surface area contributed by atoms with E-state index in [-0.39, 0.29) is 59.4 Å². The molecule has 3 unspecified atom stereocenters. The molecule has 2 N–H and O–H groups in total. The zero-order chi connectivity index (χ0) is 57.2. The minimum absolute atomic E-state index is 0.0643. The summed E-state index contributed by atoms with van der Waals surface area (Å²) in [6, 6.07) is 24.0. The van der Waals surface area contributed by atoms with Crippen molar-refractivity contribution < 1.29 is 52.8 Å². The first-order valence-electron chi connectivity index (χ1n) is 29.3. The van der Waals surface area contributed by atoms with E-state index in [1.807, 2.05) is 128 Å². The summed E-state index contributed by atoms with van der Waals surface area (Å²) < 4.78 is 30.2. The van der Waals surface area contributed by atoms with Crippen molar-refractivity contribution in [1.82, 2.24) is 24.9 Å². The fourth-order valence-electron chi connectivity index (χ4n) is 12.5. The number of aliphatic carboxylic acids is 1. The van der Waals surface area contributed by atoms with Gasteiger partial charge in [0.2, 0.25) is 11.8 Å². The highest BCUT2D eigenvalue weighted by Crippen LogP contribution is 2.49. The molecule has 0 saturated carbocycles. The van der Waals surface area contributed by atoms with E-state index in [4.69, 9.17) is 23.7 Å². The Morgan fingerprint density at radius 1 is 0.519 bits per heavy atom. The van der Waals surface area contributed by atoms with Crippen LogP contribution in [0.4, 0.5) is 9.59 Å². The number of carbonyl (C=O) groups excluding carboxylic acids is 4. The van der Waals surface area contributed by atoms with Gasteiger partial charge in [0, 0.05) is 109 Å². The zero-order valence-electron chi connectivity index (χ0n) is 49.0. The summed E-state index contributed by atoms with van der Waals surface area (Å²) >= 11 is 0. The van der Waals surface area contributed by atoms with Crippen LogP contribution in [-0.4, -0.2) is 148 Å². The van der Waals surface area contributed by atoms with Crippen LogP contribution in [0.5, 0.6) is 17.2 Å². The van der Waals surface area contributed by atoms with Crippen LogP contribution in [0.1, 0.15) is 181 Å². The number of nitrogens with one attached hydrogen (secondary N) is 1. The van der Waals surface area contributed by atoms with E-state index in [1.54, 1.807) is 9.80 Å². The van der Waals surface area contributed by atoms with E-state index < -0.39 is 22.8 Å². The van der Waals surface area contributed by atoms with Crippen LogP contribution < -0.4 is 19.5 Å². The highest BCUT2D eigenvalue weighted by molar-refractivity contribution is 5.78. The van der Waals surface area contributed by atoms with Crippen LogP contribution in [0.3, 0.4) is 0 Å². The second-order valence-corrected chi connectivity index (χ2v) is 24.5. The highest BCUT2D eigenvalue weighted by Gasteiger charge is 2.47. The number of carboxylic acids is 1. The molecular weight excluding hydrogens is 1000 g/mol. The minimum atomic E-state index is -0.798. The van der Waals surface area contributed by atoms with Crippen molar-refractivity contribution in [3.05, 3.63) is 89.5 Å². The largest absolute Gasteiger partial charge is 0.487 e. The van der Waals surface area contributed by atoms with Gasteiger partial charge in [-0.25, -0.2) is 9.59 Å². The first kappa shape index (κ1) is 60.6. The molecule has 3 aromatic rings. The van der Waals surface area contributed by atoms with Crippen LogP contribution in [-0.2, 0) is 23.9 Å². The number of fused-ring (bicyclic) bond motifs is 3. The monoisotopic (exact) mass is 1090 g/mol. The van der Waals surface area contributed by atoms with E-state index in [1.165, 1.54) is 5.56 Å². The molecule has 0 bridgehead atoms. The van der Waals surface area contributed by atoms with Crippen molar-refractivity contribution in [2.24, 2.45) is 0 Å². The summed E-state index contributed by atoms with van der Waals surface area (Å²) in [5, 5.41) is 12.7. The third-order valence-corrected chi connectivity index (χ3v) is 16.6. The number of amides is 4. The Bertz CT molecular complexity index is 2540. The Hall–Kier alpha value is -6.03. The number of nitrogens with zero attached hydrogens (tertiary/aromatic N) is 4. The normalized spacial score (nSPS) is 21.3. The van der Waals surface area contributed by atoms with Gasteiger partial charge in [0.15, 0.2) is 0 Å². The maximum atomic E-state index is 12.8. The molecule has 6 heterocycles. The predicted octanol–water partition coefficient (Wildman–Crippen LogP) is 11.3. The molecule has 9 rings (SSSR count). The molecule has 0 aliphatic carbocycles. The molecule has 3 fully saturated rings. The Balaban J connectivity index is 0.000000173. The summed E-state index contributed by atoms with van der Waals surface area (Å²) in [5.74, 6) is 2.64. The second kappa shape index (κ2) is 26.0. The van der Waals surface area contributed by atoms with Gasteiger partial charge in [-0.05, 0) is 149 Å². The lowest BCUT2D eigenvalue weighted by Gasteiger charge is -2.47. The Labute approximate surface area is 470 Å². The third-order valence-electron chi connectivity index (χ3n) is 16.6. The van der Waals surface area contributed by atoms with Crippen molar-refractivity contribution in [3.63, 3.8) is 0 Å². The quantitative estimate of drug-likeness (QED) is 0.197. The maximum Gasteiger partial charge on any atom is 0.410 e. The third kappa shape index (κ3) is 15.9. The van der Waals surface area contributed by atoms with Crippen LogP contribution in [0, 0.1) is 0 Å². The number of hydrogen-bond acceptors (Lipinski definition) is 11. The number of rotatable bonds is 10. The van der Waals surface area contributed by atoms with Crippen molar-refractivity contribution in [3.8, 4) is 17.2 Å². The minimum Gasteiger partial charge on any atom is -0.487 e. The average molecular weight is 1090 g/mol. The number of para-hydroxylation sites is 3. The fourth-order valence-corrected chi connectivity index (χ4v) is 12.5. The van der Waals surface area contributed by atoms with Crippen LogP contribution >= 0.6 is 0 Å². The molecule has 0 aromatic heterocycles. The first-order chi connectivity index (χ1) is 37.5. The van der Waals surface area contributed by atoms with E-state index >= 15 is 0 Å². The summed E-state index contributed by atoms with van der Waals surface area (Å²) in [5.41, 5.74) is 1.45. The molecular formula is C63H91N5O11. The van der Waals surface area contributed by atoms with Gasteiger partial charge >= 0.3 is 18.2 Å². The molecule has 0 radical (unpaired) electrons. The van der Waals surface area contributed by atoms with Crippen LogP contribution in [0.2, 0.25) is 0 Å². The molecule has 79 heavy (non-hydrogen) atoms. The first-order valence-corrected chi connectivity index (χ1v) is 29.3. The molecule has 16 heteroatoms. The Morgan fingerprint density at radius 2 is 0.823 bits per heavy atom. The number of carbonyl (C=O) groups is 5. The van der Waals surface area contributed by atoms with Gasteiger partial charge in [-0.1, -0.05) is 54.6 Å². The van der Waals surface area contributed by atoms with Crippen molar-refractivity contribution in [1.29, 1.82) is 0 Å². The lowest BCUT2D eigenvalue weighted by molar-refractivity contribution is -0.138. The summed E-state index contributed by atoms with van der Waals surface area (Å²) in [6.07, 6.45) is 7.95. The van der Waals surface area contributed by atoms with Gasteiger partial charge in [0.05, 0.1) is 6.42 Å². The van der Waals surface area contributed by atoms with E-state index in [0.717, 1.165) is 106 Å². The smallest absolute Gasteiger partial charge is 0.410 e. The van der Waals surface area contributed by atoms with Crippen LogP contribution in [0.15, 0.2) is 72.8 Å². The number of hydrogen-bond donors (Lipinski definition) is 2. The number of piperidine rings is 3. The molecule has 16 nitrogen and oxygen atoms in total. The van der Waals surface area contributed by atoms with E-state index in [0.29, 0.717) is 58.3 Å². The number of likely N-dealkylation sites (tertiary alicyclic amines) is 2. The van der Waals surface area contributed by atoms with Crippen molar-refractivity contribution >= 4 is 30.0 Å². The molecule has 3 aromatic carbocycles. The van der Waals surface area contributed by atoms with Gasteiger partial charge in [0.25, 0.3) is 0 Å². The number of benzene rings is 3. The lowest BCUT2D eigenvalue weighted by Crippen LogP contribution is -2.52. The second-order valence-electron chi connectivity index (χ2n) is 24.5.